The zero-order valence-electron chi connectivity index (χ0n) is 12.2. The number of ketones is 1. The molecular formula is C16H21NO4. The molecule has 5 heteroatoms. The summed E-state index contributed by atoms with van der Waals surface area (Å²) in [5, 5.41) is 12.0. The molecule has 0 amide bonds. The molecule has 1 aliphatic carbocycles. The van der Waals surface area contributed by atoms with E-state index in [9.17, 15) is 9.59 Å². The highest BCUT2D eigenvalue weighted by Gasteiger charge is 2.30. The van der Waals surface area contributed by atoms with E-state index >= 15 is 0 Å². The number of rotatable bonds is 9. The Labute approximate surface area is 124 Å². The van der Waals surface area contributed by atoms with Crippen molar-refractivity contribution in [1.82, 2.24) is 5.32 Å². The number of carbonyl (C=O) groups excluding carboxylic acids is 1. The van der Waals surface area contributed by atoms with Gasteiger partial charge in [-0.25, -0.2) is 0 Å². The smallest absolute Gasteiger partial charge is 0.305 e. The number of aliphatic carboxylic acids is 1. The lowest BCUT2D eigenvalue weighted by molar-refractivity contribution is -0.137. The highest BCUT2D eigenvalue weighted by atomic mass is 16.5. The minimum atomic E-state index is -0.968. The second-order valence-corrected chi connectivity index (χ2v) is 5.33. The van der Waals surface area contributed by atoms with Crippen LogP contribution < -0.4 is 10.1 Å². The van der Waals surface area contributed by atoms with Crippen LogP contribution in [0.15, 0.2) is 24.3 Å². The van der Waals surface area contributed by atoms with Crippen LogP contribution in [0.1, 0.15) is 43.0 Å². The first-order chi connectivity index (χ1) is 10.1. The fourth-order valence-corrected chi connectivity index (χ4v) is 2.07. The summed E-state index contributed by atoms with van der Waals surface area (Å²) in [5.74, 6) is -0.422. The number of benzene rings is 1. The number of carboxylic acids is 1. The van der Waals surface area contributed by atoms with Crippen LogP contribution in [0.4, 0.5) is 0 Å². The number of ether oxygens (including phenoxy) is 1. The van der Waals surface area contributed by atoms with Crippen LogP contribution in [0.2, 0.25) is 0 Å². The average molecular weight is 291 g/mol. The van der Waals surface area contributed by atoms with Gasteiger partial charge in [-0.2, -0.15) is 0 Å². The van der Waals surface area contributed by atoms with Crippen molar-refractivity contribution < 1.29 is 19.4 Å². The van der Waals surface area contributed by atoms with Crippen LogP contribution in [0, 0.1) is 0 Å². The topological polar surface area (TPSA) is 75.6 Å². The van der Waals surface area contributed by atoms with Crippen molar-refractivity contribution in [2.75, 3.05) is 6.61 Å². The number of carboxylic acid groups (broad SMARTS) is 1. The Balaban J connectivity index is 2.02. The normalized spacial score (nSPS) is 15.5. The van der Waals surface area contributed by atoms with E-state index in [0.717, 1.165) is 25.0 Å². The molecule has 0 aliphatic heterocycles. The van der Waals surface area contributed by atoms with Gasteiger partial charge in [0.25, 0.3) is 0 Å². The lowest BCUT2D eigenvalue weighted by atomic mass is 10.0. The quantitative estimate of drug-likeness (QED) is 0.682. The van der Waals surface area contributed by atoms with E-state index in [1.807, 2.05) is 6.92 Å². The molecule has 1 atom stereocenters. The number of carbonyl (C=O) groups is 2. The van der Waals surface area contributed by atoms with Crippen LogP contribution in [0.3, 0.4) is 0 Å². The number of nitrogens with one attached hydrogen (secondary N) is 1. The molecule has 1 aromatic rings. The molecular weight excluding hydrogens is 270 g/mol. The largest absolute Gasteiger partial charge is 0.494 e. The van der Waals surface area contributed by atoms with Gasteiger partial charge in [-0.3, -0.25) is 9.59 Å². The Kier molecular flexibility index (Phi) is 5.33. The maximum absolute atomic E-state index is 12.4. The Morgan fingerprint density at radius 1 is 1.33 bits per heavy atom. The lowest BCUT2D eigenvalue weighted by Gasteiger charge is -2.15. The van der Waals surface area contributed by atoms with Crippen molar-refractivity contribution in [2.45, 2.75) is 44.7 Å². The monoisotopic (exact) mass is 291 g/mol. The fourth-order valence-electron chi connectivity index (χ4n) is 2.07. The molecule has 0 aromatic heterocycles. The van der Waals surface area contributed by atoms with Crippen LogP contribution in [-0.4, -0.2) is 35.5 Å². The molecule has 1 unspecified atom stereocenters. The van der Waals surface area contributed by atoms with E-state index < -0.39 is 12.0 Å². The fraction of sp³-hybridized carbons (Fsp3) is 0.500. The van der Waals surface area contributed by atoms with Crippen LogP contribution in [0.25, 0.3) is 0 Å². The highest BCUT2D eigenvalue weighted by Crippen LogP contribution is 2.21. The standard InChI is InChI=1S/C16H21NO4/c1-2-9-21-13-7-3-11(4-8-13)16(20)14(10-15(18)19)17-12-5-6-12/h3-4,7-8,12,14,17H,2,5-6,9-10H2,1H3,(H,18,19). The molecule has 2 rings (SSSR count). The second-order valence-electron chi connectivity index (χ2n) is 5.33. The van der Waals surface area contributed by atoms with Crippen molar-refractivity contribution in [3.05, 3.63) is 29.8 Å². The molecule has 2 N–H and O–H groups in total. The van der Waals surface area contributed by atoms with Crippen LogP contribution in [-0.2, 0) is 4.79 Å². The van der Waals surface area contributed by atoms with Gasteiger partial charge in [0.1, 0.15) is 5.75 Å². The zero-order valence-corrected chi connectivity index (χ0v) is 12.2. The average Bonchev–Trinajstić information content (AvgIpc) is 3.28. The summed E-state index contributed by atoms with van der Waals surface area (Å²) in [6, 6.07) is 6.51. The molecule has 0 spiro atoms. The molecule has 0 radical (unpaired) electrons. The zero-order chi connectivity index (χ0) is 15.2. The van der Waals surface area contributed by atoms with E-state index in [1.54, 1.807) is 24.3 Å². The van der Waals surface area contributed by atoms with Gasteiger partial charge in [0.15, 0.2) is 5.78 Å². The number of hydrogen-bond acceptors (Lipinski definition) is 4. The summed E-state index contributed by atoms with van der Waals surface area (Å²) in [5.41, 5.74) is 0.512. The summed E-state index contributed by atoms with van der Waals surface area (Å²) in [6.45, 7) is 2.66. The first-order valence-corrected chi connectivity index (χ1v) is 7.35. The van der Waals surface area contributed by atoms with Crippen molar-refractivity contribution in [2.24, 2.45) is 0 Å². The summed E-state index contributed by atoms with van der Waals surface area (Å²) < 4.78 is 5.47. The predicted molar refractivity (Wildman–Crippen MR) is 78.8 cm³/mol. The molecule has 5 nitrogen and oxygen atoms in total. The number of Topliss-reactive ketones (excluding diaryl/α,β-unsaturated/α-hetero) is 1. The first kappa shape index (κ1) is 15.5. The maximum Gasteiger partial charge on any atom is 0.305 e. The third-order valence-corrected chi connectivity index (χ3v) is 3.32. The van der Waals surface area contributed by atoms with Gasteiger partial charge in [-0.15, -0.1) is 0 Å². The third-order valence-electron chi connectivity index (χ3n) is 3.32. The highest BCUT2D eigenvalue weighted by molar-refractivity contribution is 6.01. The number of hydrogen-bond donors (Lipinski definition) is 2. The SMILES string of the molecule is CCCOc1ccc(C(=O)C(CC(=O)O)NC2CC2)cc1. The van der Waals surface area contributed by atoms with Gasteiger partial charge < -0.3 is 15.2 Å². The lowest BCUT2D eigenvalue weighted by Crippen LogP contribution is -2.40. The molecule has 0 bridgehead atoms. The molecule has 0 heterocycles. The van der Waals surface area contributed by atoms with E-state index in [1.165, 1.54) is 0 Å². The van der Waals surface area contributed by atoms with Gasteiger partial charge in [0.2, 0.25) is 0 Å². The molecule has 114 valence electrons. The Hall–Kier alpha value is -1.88. The maximum atomic E-state index is 12.4. The van der Waals surface area contributed by atoms with Crippen molar-refractivity contribution in [3.63, 3.8) is 0 Å². The van der Waals surface area contributed by atoms with Crippen molar-refractivity contribution >= 4 is 11.8 Å². The molecule has 0 saturated heterocycles. The van der Waals surface area contributed by atoms with Gasteiger partial charge in [-0.05, 0) is 43.5 Å². The summed E-state index contributed by atoms with van der Waals surface area (Å²) >= 11 is 0. The van der Waals surface area contributed by atoms with E-state index in [-0.39, 0.29) is 18.2 Å². The van der Waals surface area contributed by atoms with Gasteiger partial charge >= 0.3 is 5.97 Å². The van der Waals surface area contributed by atoms with E-state index in [0.29, 0.717) is 12.2 Å². The van der Waals surface area contributed by atoms with Crippen molar-refractivity contribution in [1.29, 1.82) is 0 Å². The van der Waals surface area contributed by atoms with Gasteiger partial charge in [-0.1, -0.05) is 6.92 Å². The van der Waals surface area contributed by atoms with Gasteiger partial charge in [0, 0.05) is 11.6 Å². The third kappa shape index (κ3) is 4.86. The minimum absolute atomic E-state index is 0.175. The van der Waals surface area contributed by atoms with E-state index in [4.69, 9.17) is 9.84 Å². The Morgan fingerprint density at radius 2 is 2.00 bits per heavy atom. The predicted octanol–water partition coefficient (Wildman–Crippen LogP) is 2.25. The molecule has 1 aromatic carbocycles. The second kappa shape index (κ2) is 7.22. The van der Waals surface area contributed by atoms with Crippen molar-refractivity contribution in [3.8, 4) is 5.75 Å². The summed E-state index contributed by atoms with van der Waals surface area (Å²) in [4.78, 5) is 23.3. The minimum Gasteiger partial charge on any atom is -0.494 e. The Morgan fingerprint density at radius 3 is 2.52 bits per heavy atom. The molecule has 1 aliphatic rings. The Bertz CT molecular complexity index is 494. The van der Waals surface area contributed by atoms with Crippen LogP contribution >= 0.6 is 0 Å². The van der Waals surface area contributed by atoms with Crippen LogP contribution in [0.5, 0.6) is 5.75 Å². The molecule has 21 heavy (non-hydrogen) atoms. The molecule has 1 saturated carbocycles. The van der Waals surface area contributed by atoms with E-state index in [2.05, 4.69) is 5.32 Å². The first-order valence-electron chi connectivity index (χ1n) is 7.35. The van der Waals surface area contributed by atoms with Gasteiger partial charge in [0.05, 0.1) is 19.1 Å². The summed E-state index contributed by atoms with van der Waals surface area (Å²) in [7, 11) is 0. The molecule has 1 fully saturated rings. The summed E-state index contributed by atoms with van der Waals surface area (Å²) in [6.07, 6.45) is 2.75.